The normalized spacial score (nSPS) is 11.6. The fraction of sp³-hybridized carbons (Fsp3) is 0.143. The Bertz CT molecular complexity index is 702. The molecule has 0 radical (unpaired) electrons. The minimum atomic E-state index is -0.921. The van der Waals surface area contributed by atoms with Gasteiger partial charge in [0.05, 0.1) is 11.0 Å². The lowest BCUT2D eigenvalue weighted by molar-refractivity contribution is -0.384. The number of hydrogen-bond acceptors (Lipinski definition) is 5. The largest absolute Gasteiger partial charge is 0.292 e. The molecule has 100 valence electrons. The van der Waals surface area contributed by atoms with E-state index in [0.717, 1.165) is 0 Å². The van der Waals surface area contributed by atoms with E-state index in [1.807, 2.05) is 6.07 Å². The number of nitrogens with zero attached hydrogens (tertiary/aromatic N) is 2. The van der Waals surface area contributed by atoms with E-state index in [-0.39, 0.29) is 11.3 Å². The molecular formula is C14H10N2O3S. The molecule has 2 rings (SSSR count). The van der Waals surface area contributed by atoms with Crippen molar-refractivity contribution in [2.24, 2.45) is 0 Å². The first-order chi connectivity index (χ1) is 9.54. The third-order valence-corrected chi connectivity index (χ3v) is 3.85. The van der Waals surface area contributed by atoms with Crippen LogP contribution in [0.4, 0.5) is 5.69 Å². The Kier molecular flexibility index (Phi) is 3.91. The molecular weight excluding hydrogens is 276 g/mol. The Morgan fingerprint density at radius 2 is 2.20 bits per heavy atom. The van der Waals surface area contributed by atoms with E-state index in [4.69, 9.17) is 0 Å². The molecule has 0 aliphatic rings. The van der Waals surface area contributed by atoms with Gasteiger partial charge in [0.15, 0.2) is 5.78 Å². The maximum Gasteiger partial charge on any atom is 0.270 e. The number of aryl methyl sites for hydroxylation is 1. The summed E-state index contributed by atoms with van der Waals surface area (Å²) in [4.78, 5) is 23.3. The number of Topliss-reactive ketones (excluding diaryl/α,β-unsaturated/α-hetero) is 1. The summed E-state index contributed by atoms with van der Waals surface area (Å²) >= 11 is 1.32. The first kappa shape index (κ1) is 13.9. The van der Waals surface area contributed by atoms with Gasteiger partial charge in [0.1, 0.15) is 5.92 Å². The number of nitro benzene ring substituents is 1. The highest BCUT2D eigenvalue weighted by Crippen LogP contribution is 2.27. The summed E-state index contributed by atoms with van der Waals surface area (Å²) in [6, 6.07) is 9.54. The number of benzene rings is 1. The van der Waals surface area contributed by atoms with Crippen LogP contribution in [0.2, 0.25) is 0 Å². The average molecular weight is 286 g/mol. The van der Waals surface area contributed by atoms with Gasteiger partial charge < -0.3 is 0 Å². The summed E-state index contributed by atoms with van der Waals surface area (Å²) < 4.78 is 0. The van der Waals surface area contributed by atoms with E-state index in [0.29, 0.717) is 10.4 Å². The predicted molar refractivity (Wildman–Crippen MR) is 74.8 cm³/mol. The first-order valence-electron chi connectivity index (χ1n) is 5.77. The summed E-state index contributed by atoms with van der Waals surface area (Å²) in [6.45, 7) is 1.69. The highest BCUT2D eigenvalue weighted by molar-refractivity contribution is 7.10. The minimum Gasteiger partial charge on any atom is -0.292 e. The molecule has 1 atom stereocenters. The molecule has 1 aromatic carbocycles. The van der Waals surface area contributed by atoms with Gasteiger partial charge in [0.2, 0.25) is 0 Å². The maximum atomic E-state index is 12.4. The molecule has 0 saturated heterocycles. The summed E-state index contributed by atoms with van der Waals surface area (Å²) in [5, 5.41) is 21.8. The van der Waals surface area contributed by atoms with Gasteiger partial charge in [-0.1, -0.05) is 12.1 Å². The number of non-ortho nitro benzene ring substituents is 1. The molecule has 0 aliphatic heterocycles. The Labute approximate surface area is 119 Å². The summed E-state index contributed by atoms with van der Waals surface area (Å²) in [5.74, 6) is -1.33. The van der Waals surface area contributed by atoms with Gasteiger partial charge in [-0.15, -0.1) is 11.3 Å². The van der Waals surface area contributed by atoms with Crippen molar-refractivity contribution in [3.8, 4) is 6.07 Å². The van der Waals surface area contributed by atoms with E-state index < -0.39 is 16.6 Å². The number of hydrogen-bond donors (Lipinski definition) is 0. The molecule has 5 nitrogen and oxygen atoms in total. The van der Waals surface area contributed by atoms with Gasteiger partial charge >= 0.3 is 0 Å². The monoisotopic (exact) mass is 286 g/mol. The first-order valence-corrected chi connectivity index (χ1v) is 6.65. The molecule has 20 heavy (non-hydrogen) atoms. The van der Waals surface area contributed by atoms with Crippen LogP contribution >= 0.6 is 11.3 Å². The highest BCUT2D eigenvalue weighted by Gasteiger charge is 2.25. The standard InChI is InChI=1S/C14H10N2O3S/c1-9-4-5-10(16(18)19)7-11(9)14(17)12(8-15)13-3-2-6-20-13/h2-7,12H,1H3. The lowest BCUT2D eigenvalue weighted by Crippen LogP contribution is -2.12. The number of thiophene rings is 1. The lowest BCUT2D eigenvalue weighted by Gasteiger charge is -2.08. The third kappa shape index (κ3) is 2.58. The van der Waals surface area contributed by atoms with E-state index in [1.165, 1.54) is 29.5 Å². The second kappa shape index (κ2) is 5.63. The van der Waals surface area contributed by atoms with E-state index in [2.05, 4.69) is 0 Å². The van der Waals surface area contributed by atoms with Crippen LogP contribution in [0.25, 0.3) is 0 Å². The van der Waals surface area contributed by atoms with Crippen LogP contribution in [0, 0.1) is 28.4 Å². The number of nitro groups is 1. The van der Waals surface area contributed by atoms with Crippen LogP contribution in [0.5, 0.6) is 0 Å². The van der Waals surface area contributed by atoms with Gasteiger partial charge in [0.25, 0.3) is 5.69 Å². The van der Waals surface area contributed by atoms with E-state index in [1.54, 1.807) is 24.4 Å². The Hall–Kier alpha value is -2.52. The van der Waals surface area contributed by atoms with Crippen molar-refractivity contribution < 1.29 is 9.72 Å². The van der Waals surface area contributed by atoms with Gasteiger partial charge in [0, 0.05) is 22.6 Å². The van der Waals surface area contributed by atoms with Gasteiger partial charge in [-0.05, 0) is 23.9 Å². The smallest absolute Gasteiger partial charge is 0.270 e. The number of rotatable bonds is 4. The molecule has 2 aromatic rings. The van der Waals surface area contributed by atoms with Crippen LogP contribution in [-0.4, -0.2) is 10.7 Å². The average Bonchev–Trinajstić information content (AvgIpc) is 2.93. The minimum absolute atomic E-state index is 0.151. The lowest BCUT2D eigenvalue weighted by atomic mass is 9.94. The zero-order chi connectivity index (χ0) is 14.7. The van der Waals surface area contributed by atoms with Crippen molar-refractivity contribution in [1.29, 1.82) is 5.26 Å². The molecule has 1 unspecified atom stereocenters. The Balaban J connectivity index is 2.45. The van der Waals surface area contributed by atoms with Gasteiger partial charge in [-0.25, -0.2) is 0 Å². The fourth-order valence-corrected chi connectivity index (χ4v) is 2.62. The molecule has 0 fully saturated rings. The second-order valence-electron chi connectivity index (χ2n) is 4.20. The number of carbonyl (C=O) groups is 1. The molecule has 0 amide bonds. The number of ketones is 1. The molecule has 0 spiro atoms. The number of nitriles is 1. The quantitative estimate of drug-likeness (QED) is 0.489. The van der Waals surface area contributed by atoms with Gasteiger partial charge in [-0.3, -0.25) is 14.9 Å². The van der Waals surface area contributed by atoms with Crippen molar-refractivity contribution in [2.45, 2.75) is 12.8 Å². The van der Waals surface area contributed by atoms with Crippen molar-refractivity contribution in [3.05, 3.63) is 61.8 Å². The number of carbonyl (C=O) groups excluding carboxylic acids is 1. The van der Waals surface area contributed by atoms with E-state index in [9.17, 15) is 20.2 Å². The van der Waals surface area contributed by atoms with Gasteiger partial charge in [-0.2, -0.15) is 5.26 Å². The van der Waals surface area contributed by atoms with Crippen molar-refractivity contribution >= 4 is 22.8 Å². The Morgan fingerprint density at radius 3 is 2.75 bits per heavy atom. The molecule has 0 bridgehead atoms. The zero-order valence-corrected chi connectivity index (χ0v) is 11.4. The third-order valence-electron chi connectivity index (χ3n) is 2.92. The molecule has 0 saturated carbocycles. The van der Waals surface area contributed by atoms with Crippen molar-refractivity contribution in [3.63, 3.8) is 0 Å². The molecule has 6 heteroatoms. The van der Waals surface area contributed by atoms with Crippen molar-refractivity contribution in [2.75, 3.05) is 0 Å². The molecule has 1 heterocycles. The van der Waals surface area contributed by atoms with Crippen LogP contribution in [0.3, 0.4) is 0 Å². The van der Waals surface area contributed by atoms with Crippen LogP contribution in [0.15, 0.2) is 35.7 Å². The molecule has 1 aromatic heterocycles. The topological polar surface area (TPSA) is 84.0 Å². The van der Waals surface area contributed by atoms with E-state index >= 15 is 0 Å². The molecule has 0 aliphatic carbocycles. The van der Waals surface area contributed by atoms with Crippen LogP contribution in [-0.2, 0) is 0 Å². The van der Waals surface area contributed by atoms with Crippen LogP contribution < -0.4 is 0 Å². The fourth-order valence-electron chi connectivity index (χ4n) is 1.85. The molecule has 0 N–H and O–H groups in total. The second-order valence-corrected chi connectivity index (χ2v) is 5.18. The Morgan fingerprint density at radius 1 is 1.45 bits per heavy atom. The summed E-state index contributed by atoms with van der Waals surface area (Å²) in [7, 11) is 0. The van der Waals surface area contributed by atoms with Crippen LogP contribution in [0.1, 0.15) is 26.7 Å². The summed E-state index contributed by atoms with van der Waals surface area (Å²) in [5.41, 5.74) is 0.693. The summed E-state index contributed by atoms with van der Waals surface area (Å²) in [6.07, 6.45) is 0. The van der Waals surface area contributed by atoms with Crippen molar-refractivity contribution in [1.82, 2.24) is 0 Å². The predicted octanol–water partition coefficient (Wildman–Crippen LogP) is 3.45. The maximum absolute atomic E-state index is 12.4. The highest BCUT2D eigenvalue weighted by atomic mass is 32.1. The zero-order valence-electron chi connectivity index (χ0n) is 10.6. The SMILES string of the molecule is Cc1ccc([N+](=O)[O-])cc1C(=O)C(C#N)c1cccs1.